The molecule has 0 aliphatic carbocycles. The number of ether oxygens (including phenoxy) is 1. The lowest BCUT2D eigenvalue weighted by atomic mass is 10.1. The molecular weight excluding hydrogens is 455 g/mol. The van der Waals surface area contributed by atoms with E-state index in [4.69, 9.17) is 4.74 Å². The fourth-order valence-corrected chi connectivity index (χ4v) is 3.28. The Labute approximate surface area is 172 Å². The number of methoxy groups -OCH3 is 1. The standard InChI is InChI=1S/C18H17BrF3N5O2/c1-9-12(10(2)27-17(23-9)25-16(26-27)18(20,21)22)5-7-15(28)24-13-8-11(19)4-6-14(13)29-3/h4,6,8H,5,7H2,1-3H3,(H,24,28). The number of aromatic nitrogens is 4. The number of hydrogen-bond acceptors (Lipinski definition) is 5. The number of carbonyl (C=O) groups is 1. The number of halogens is 4. The number of nitrogens with one attached hydrogen (secondary N) is 1. The van der Waals surface area contributed by atoms with Crippen LogP contribution in [0.4, 0.5) is 18.9 Å². The minimum Gasteiger partial charge on any atom is -0.495 e. The number of fused-ring (bicyclic) bond motifs is 1. The molecule has 7 nitrogen and oxygen atoms in total. The van der Waals surface area contributed by atoms with Crippen LogP contribution in [0.3, 0.4) is 0 Å². The Morgan fingerprint density at radius 3 is 2.66 bits per heavy atom. The Balaban J connectivity index is 1.80. The predicted molar refractivity (Wildman–Crippen MR) is 103 cm³/mol. The van der Waals surface area contributed by atoms with Gasteiger partial charge in [-0.2, -0.15) is 18.2 Å². The van der Waals surface area contributed by atoms with Gasteiger partial charge >= 0.3 is 6.18 Å². The van der Waals surface area contributed by atoms with E-state index >= 15 is 0 Å². The van der Waals surface area contributed by atoms with E-state index in [0.29, 0.717) is 28.4 Å². The number of carbonyl (C=O) groups excluding carboxylic acids is 1. The molecule has 2 heterocycles. The van der Waals surface area contributed by atoms with Crippen LogP contribution in [0.25, 0.3) is 5.78 Å². The lowest BCUT2D eigenvalue weighted by Crippen LogP contribution is -2.15. The molecule has 0 saturated carbocycles. The number of nitrogens with zero attached hydrogens (tertiary/aromatic N) is 4. The maximum absolute atomic E-state index is 12.9. The zero-order valence-corrected chi connectivity index (χ0v) is 17.3. The molecule has 1 aromatic carbocycles. The van der Waals surface area contributed by atoms with Crippen molar-refractivity contribution in [3.63, 3.8) is 0 Å². The first kappa shape index (κ1) is 21.0. The summed E-state index contributed by atoms with van der Waals surface area (Å²) >= 11 is 3.34. The second-order valence-corrected chi connectivity index (χ2v) is 7.21. The van der Waals surface area contributed by atoms with Crippen LogP contribution in [0.1, 0.15) is 29.2 Å². The van der Waals surface area contributed by atoms with Crippen LogP contribution in [0, 0.1) is 13.8 Å². The average Bonchev–Trinajstić information content (AvgIpc) is 3.06. The van der Waals surface area contributed by atoms with Gasteiger partial charge in [-0.3, -0.25) is 4.79 Å². The van der Waals surface area contributed by atoms with Gasteiger partial charge in [-0.1, -0.05) is 15.9 Å². The summed E-state index contributed by atoms with van der Waals surface area (Å²) in [6.45, 7) is 3.29. The van der Waals surface area contributed by atoms with Crippen LogP contribution in [0.5, 0.6) is 5.75 Å². The first-order valence-electron chi connectivity index (χ1n) is 8.53. The maximum atomic E-state index is 12.9. The molecule has 0 spiro atoms. The van der Waals surface area contributed by atoms with Gasteiger partial charge in [0.2, 0.25) is 5.91 Å². The molecule has 11 heteroatoms. The Kier molecular flexibility index (Phi) is 5.78. The van der Waals surface area contributed by atoms with E-state index in [1.807, 2.05) is 0 Å². The topological polar surface area (TPSA) is 81.4 Å². The highest BCUT2D eigenvalue weighted by atomic mass is 79.9. The van der Waals surface area contributed by atoms with E-state index in [1.165, 1.54) is 7.11 Å². The van der Waals surface area contributed by atoms with E-state index in [1.54, 1.807) is 32.0 Å². The summed E-state index contributed by atoms with van der Waals surface area (Å²) in [6, 6.07) is 5.22. The first-order chi connectivity index (χ1) is 13.6. The van der Waals surface area contributed by atoms with Gasteiger partial charge in [-0.05, 0) is 44.0 Å². The zero-order valence-electron chi connectivity index (χ0n) is 15.8. The Hall–Kier alpha value is -2.69. The van der Waals surface area contributed by atoms with Crippen molar-refractivity contribution in [3.05, 3.63) is 45.4 Å². The van der Waals surface area contributed by atoms with Gasteiger partial charge < -0.3 is 10.1 Å². The number of alkyl halides is 3. The molecule has 0 saturated heterocycles. The smallest absolute Gasteiger partial charge is 0.453 e. The molecule has 3 rings (SSSR count). The lowest BCUT2D eigenvalue weighted by Gasteiger charge is -2.12. The third-order valence-electron chi connectivity index (χ3n) is 4.34. The van der Waals surface area contributed by atoms with Crippen molar-refractivity contribution < 1.29 is 22.7 Å². The minimum absolute atomic E-state index is 0.103. The number of anilines is 1. The molecule has 0 unspecified atom stereocenters. The van der Waals surface area contributed by atoms with Crippen molar-refractivity contribution in [2.45, 2.75) is 32.9 Å². The molecule has 0 radical (unpaired) electrons. The molecule has 0 aliphatic rings. The molecule has 1 N–H and O–H groups in total. The zero-order chi connectivity index (χ0) is 21.3. The molecule has 29 heavy (non-hydrogen) atoms. The summed E-state index contributed by atoms with van der Waals surface area (Å²) in [7, 11) is 1.50. The second-order valence-electron chi connectivity index (χ2n) is 6.30. The lowest BCUT2D eigenvalue weighted by molar-refractivity contribution is -0.144. The van der Waals surface area contributed by atoms with Gasteiger partial charge in [0.15, 0.2) is 0 Å². The SMILES string of the molecule is COc1ccc(Br)cc1NC(=O)CCc1c(C)nc2nc(C(F)(F)F)nn2c1C. The third kappa shape index (κ3) is 4.50. The van der Waals surface area contributed by atoms with Crippen molar-refractivity contribution in [2.24, 2.45) is 0 Å². The number of rotatable bonds is 5. The van der Waals surface area contributed by atoms with E-state index in [2.05, 4.69) is 36.3 Å². The predicted octanol–water partition coefficient (Wildman–Crippen LogP) is 4.10. The molecule has 0 bridgehead atoms. The highest BCUT2D eigenvalue weighted by Crippen LogP contribution is 2.29. The van der Waals surface area contributed by atoms with Crippen LogP contribution < -0.4 is 10.1 Å². The van der Waals surface area contributed by atoms with Gasteiger partial charge in [-0.15, -0.1) is 5.10 Å². The van der Waals surface area contributed by atoms with Crippen LogP contribution in [-0.2, 0) is 17.4 Å². The Bertz CT molecular complexity index is 1080. The fraction of sp³-hybridized carbons (Fsp3) is 0.333. The van der Waals surface area contributed by atoms with Crippen LogP contribution in [0.15, 0.2) is 22.7 Å². The molecule has 0 aliphatic heterocycles. The van der Waals surface area contributed by atoms with E-state index in [0.717, 1.165) is 8.99 Å². The molecular formula is C18H17BrF3N5O2. The first-order valence-corrected chi connectivity index (χ1v) is 9.33. The quantitative estimate of drug-likeness (QED) is 0.605. The van der Waals surface area contributed by atoms with Gasteiger partial charge in [0.05, 0.1) is 12.8 Å². The van der Waals surface area contributed by atoms with E-state index in [-0.39, 0.29) is 24.5 Å². The molecule has 3 aromatic rings. The summed E-state index contributed by atoms with van der Waals surface area (Å²) in [4.78, 5) is 19.9. The second kappa shape index (κ2) is 7.97. The largest absolute Gasteiger partial charge is 0.495 e. The highest BCUT2D eigenvalue weighted by Gasteiger charge is 2.36. The monoisotopic (exact) mass is 471 g/mol. The number of amides is 1. The summed E-state index contributed by atoms with van der Waals surface area (Å²) in [5.41, 5.74) is 2.12. The summed E-state index contributed by atoms with van der Waals surface area (Å²) < 4.78 is 45.7. The number of benzene rings is 1. The summed E-state index contributed by atoms with van der Waals surface area (Å²) in [5.74, 6) is -1.13. The highest BCUT2D eigenvalue weighted by molar-refractivity contribution is 9.10. The van der Waals surface area contributed by atoms with Crippen molar-refractivity contribution in [1.29, 1.82) is 0 Å². The Morgan fingerprint density at radius 2 is 2.00 bits per heavy atom. The molecule has 2 aromatic heterocycles. The third-order valence-corrected chi connectivity index (χ3v) is 4.83. The van der Waals surface area contributed by atoms with Crippen molar-refractivity contribution in [1.82, 2.24) is 19.6 Å². The maximum Gasteiger partial charge on any atom is 0.453 e. The van der Waals surface area contributed by atoms with Gasteiger partial charge in [0, 0.05) is 22.3 Å². The van der Waals surface area contributed by atoms with Gasteiger partial charge in [0.1, 0.15) is 5.75 Å². The van der Waals surface area contributed by atoms with Crippen molar-refractivity contribution in [2.75, 3.05) is 12.4 Å². The fourth-order valence-electron chi connectivity index (χ4n) is 2.92. The molecule has 154 valence electrons. The molecule has 0 fully saturated rings. The van der Waals surface area contributed by atoms with Crippen LogP contribution >= 0.6 is 15.9 Å². The molecule has 1 amide bonds. The van der Waals surface area contributed by atoms with Crippen LogP contribution in [0.2, 0.25) is 0 Å². The van der Waals surface area contributed by atoms with Crippen LogP contribution in [-0.4, -0.2) is 32.6 Å². The minimum atomic E-state index is -4.66. The molecule has 0 atom stereocenters. The van der Waals surface area contributed by atoms with Crippen molar-refractivity contribution >= 4 is 33.3 Å². The normalized spacial score (nSPS) is 11.7. The van der Waals surface area contributed by atoms with Crippen molar-refractivity contribution in [3.8, 4) is 5.75 Å². The Morgan fingerprint density at radius 1 is 1.28 bits per heavy atom. The van der Waals surface area contributed by atoms with Gasteiger partial charge in [-0.25, -0.2) is 9.50 Å². The van der Waals surface area contributed by atoms with E-state index in [9.17, 15) is 18.0 Å². The number of aryl methyl sites for hydroxylation is 2. The summed E-state index contributed by atoms with van der Waals surface area (Å²) in [6.07, 6.45) is -4.27. The average molecular weight is 472 g/mol. The van der Waals surface area contributed by atoms with Gasteiger partial charge in [0.25, 0.3) is 11.6 Å². The summed E-state index contributed by atoms with van der Waals surface area (Å²) in [5, 5.41) is 6.28. The van der Waals surface area contributed by atoms with E-state index < -0.39 is 12.0 Å². The number of hydrogen-bond donors (Lipinski definition) is 1.